The third-order valence-electron chi connectivity index (χ3n) is 2.89. The monoisotopic (exact) mass is 153 g/mol. The van der Waals surface area contributed by atoms with Crippen LogP contribution in [0.5, 0.6) is 0 Å². The summed E-state index contributed by atoms with van der Waals surface area (Å²) in [4.78, 5) is 10.1. The largest absolute Gasteiger partial charge is 0.358 e. The first-order chi connectivity index (χ1) is 5.42. The zero-order chi connectivity index (χ0) is 7.68. The molecule has 0 heterocycles. The molecule has 2 saturated carbocycles. The van der Waals surface area contributed by atoms with E-state index in [2.05, 4.69) is 5.32 Å². The number of nitrogens with one attached hydrogen (secondary N) is 1. The molecule has 0 saturated heterocycles. The van der Waals surface area contributed by atoms with Crippen molar-refractivity contribution in [2.24, 2.45) is 17.8 Å². The maximum Gasteiger partial charge on any atom is 0.207 e. The van der Waals surface area contributed by atoms with Crippen LogP contribution in [0.3, 0.4) is 0 Å². The third kappa shape index (κ3) is 1.73. The molecule has 1 N–H and O–H groups in total. The molecule has 2 nitrogen and oxygen atoms in total. The van der Waals surface area contributed by atoms with E-state index in [9.17, 15) is 4.79 Å². The van der Waals surface area contributed by atoms with E-state index in [1.165, 1.54) is 25.7 Å². The third-order valence-corrected chi connectivity index (χ3v) is 2.89. The summed E-state index contributed by atoms with van der Waals surface area (Å²) >= 11 is 0. The molecule has 2 heteroatoms. The minimum absolute atomic E-state index is 0.820. The topological polar surface area (TPSA) is 29.1 Å². The van der Waals surface area contributed by atoms with E-state index in [1.54, 1.807) is 0 Å². The molecule has 11 heavy (non-hydrogen) atoms. The number of rotatable bonds is 5. The first-order valence-electron chi connectivity index (χ1n) is 4.59. The molecule has 0 unspecified atom stereocenters. The van der Waals surface area contributed by atoms with Crippen LogP contribution in [0.1, 0.15) is 25.7 Å². The minimum Gasteiger partial charge on any atom is -0.358 e. The molecule has 0 spiro atoms. The fraction of sp³-hybridized carbons (Fsp3) is 0.889. The van der Waals surface area contributed by atoms with E-state index in [1.807, 2.05) is 0 Å². The van der Waals surface area contributed by atoms with Crippen LogP contribution in [0.4, 0.5) is 0 Å². The van der Waals surface area contributed by atoms with E-state index in [0.29, 0.717) is 0 Å². The number of carbonyl (C=O) groups excluding carboxylic acids is 1. The van der Waals surface area contributed by atoms with Crippen LogP contribution in [-0.4, -0.2) is 13.0 Å². The van der Waals surface area contributed by atoms with Gasteiger partial charge in [-0.2, -0.15) is 0 Å². The molecule has 0 aromatic carbocycles. The van der Waals surface area contributed by atoms with Crippen molar-refractivity contribution in [3.8, 4) is 0 Å². The van der Waals surface area contributed by atoms with Gasteiger partial charge >= 0.3 is 0 Å². The Labute approximate surface area is 67.4 Å². The van der Waals surface area contributed by atoms with Gasteiger partial charge in [-0.25, -0.2) is 0 Å². The van der Waals surface area contributed by atoms with Gasteiger partial charge in [0.15, 0.2) is 0 Å². The average Bonchev–Trinajstić information content (AvgIpc) is 2.85. The summed E-state index contributed by atoms with van der Waals surface area (Å²) in [7, 11) is 0. The Morgan fingerprint density at radius 2 is 1.82 bits per heavy atom. The normalized spacial score (nSPS) is 23.7. The molecule has 0 aromatic rings. The summed E-state index contributed by atoms with van der Waals surface area (Å²) in [6.45, 7) is 0.929. The molecule has 2 fully saturated rings. The molecule has 0 aromatic heterocycles. The van der Waals surface area contributed by atoms with Crippen LogP contribution in [0.15, 0.2) is 0 Å². The number of hydrogen-bond acceptors (Lipinski definition) is 1. The van der Waals surface area contributed by atoms with Crippen molar-refractivity contribution in [3.05, 3.63) is 0 Å². The average molecular weight is 153 g/mol. The maximum absolute atomic E-state index is 10.1. The minimum atomic E-state index is 0.820. The molecular weight excluding hydrogens is 138 g/mol. The number of hydrogen-bond donors (Lipinski definition) is 1. The van der Waals surface area contributed by atoms with Crippen molar-refractivity contribution in [1.29, 1.82) is 0 Å². The highest BCUT2D eigenvalue weighted by molar-refractivity contribution is 5.45. The summed E-state index contributed by atoms with van der Waals surface area (Å²) in [6, 6.07) is 0. The molecule has 2 rings (SSSR count). The molecule has 2 aliphatic carbocycles. The van der Waals surface area contributed by atoms with Crippen molar-refractivity contribution in [2.75, 3.05) is 6.54 Å². The van der Waals surface area contributed by atoms with Crippen molar-refractivity contribution in [2.45, 2.75) is 25.7 Å². The Hall–Kier alpha value is -0.530. The van der Waals surface area contributed by atoms with Gasteiger partial charge in [0.05, 0.1) is 0 Å². The Balaban J connectivity index is 1.77. The van der Waals surface area contributed by atoms with Crippen molar-refractivity contribution >= 4 is 6.41 Å². The van der Waals surface area contributed by atoms with E-state index in [0.717, 1.165) is 30.7 Å². The summed E-state index contributed by atoms with van der Waals surface area (Å²) in [5.41, 5.74) is 0. The summed E-state index contributed by atoms with van der Waals surface area (Å²) in [6.07, 6.45) is 6.45. The fourth-order valence-electron chi connectivity index (χ4n) is 1.95. The lowest BCUT2D eigenvalue weighted by Crippen LogP contribution is -2.24. The first-order valence-corrected chi connectivity index (χ1v) is 4.59. The maximum atomic E-state index is 10.1. The van der Waals surface area contributed by atoms with E-state index >= 15 is 0 Å². The van der Waals surface area contributed by atoms with Crippen molar-refractivity contribution in [1.82, 2.24) is 5.32 Å². The molecule has 2 aliphatic rings. The van der Waals surface area contributed by atoms with Gasteiger partial charge < -0.3 is 5.32 Å². The smallest absolute Gasteiger partial charge is 0.207 e. The summed E-state index contributed by atoms with van der Waals surface area (Å²) in [5.74, 6) is 2.73. The van der Waals surface area contributed by atoms with Crippen LogP contribution in [0, 0.1) is 17.8 Å². The van der Waals surface area contributed by atoms with Crippen LogP contribution >= 0.6 is 0 Å². The Bertz CT molecular complexity index is 138. The lowest BCUT2D eigenvalue weighted by Gasteiger charge is -2.13. The lowest BCUT2D eigenvalue weighted by atomic mass is 9.98. The Kier molecular flexibility index (Phi) is 1.84. The molecule has 0 atom stereocenters. The van der Waals surface area contributed by atoms with Gasteiger partial charge in [-0.15, -0.1) is 0 Å². The van der Waals surface area contributed by atoms with Gasteiger partial charge in [-0.1, -0.05) is 0 Å². The second-order valence-electron chi connectivity index (χ2n) is 3.86. The first kappa shape index (κ1) is 7.14. The molecule has 0 aliphatic heterocycles. The van der Waals surface area contributed by atoms with Crippen LogP contribution in [-0.2, 0) is 4.79 Å². The lowest BCUT2D eigenvalue weighted by molar-refractivity contribution is -0.109. The molecule has 0 bridgehead atoms. The predicted molar refractivity (Wildman–Crippen MR) is 43.0 cm³/mol. The van der Waals surface area contributed by atoms with Crippen molar-refractivity contribution < 1.29 is 4.79 Å². The van der Waals surface area contributed by atoms with E-state index in [4.69, 9.17) is 0 Å². The van der Waals surface area contributed by atoms with Gasteiger partial charge in [0.1, 0.15) is 0 Å². The zero-order valence-corrected chi connectivity index (χ0v) is 6.75. The molecule has 1 amide bonds. The van der Waals surface area contributed by atoms with E-state index < -0.39 is 0 Å². The van der Waals surface area contributed by atoms with E-state index in [-0.39, 0.29) is 0 Å². The molecular formula is C9H15NO. The Morgan fingerprint density at radius 3 is 2.18 bits per heavy atom. The van der Waals surface area contributed by atoms with Gasteiger partial charge in [0.2, 0.25) is 6.41 Å². The quantitative estimate of drug-likeness (QED) is 0.590. The van der Waals surface area contributed by atoms with Gasteiger partial charge in [0.25, 0.3) is 0 Å². The van der Waals surface area contributed by atoms with Crippen LogP contribution in [0.2, 0.25) is 0 Å². The summed E-state index contributed by atoms with van der Waals surface area (Å²) in [5, 5.41) is 2.81. The highest BCUT2D eigenvalue weighted by atomic mass is 16.1. The highest BCUT2D eigenvalue weighted by Gasteiger charge is 2.40. The van der Waals surface area contributed by atoms with Crippen molar-refractivity contribution in [3.63, 3.8) is 0 Å². The highest BCUT2D eigenvalue weighted by Crippen LogP contribution is 2.48. The summed E-state index contributed by atoms with van der Waals surface area (Å²) < 4.78 is 0. The second kappa shape index (κ2) is 2.84. The van der Waals surface area contributed by atoms with Crippen LogP contribution < -0.4 is 5.32 Å². The fourth-order valence-corrected chi connectivity index (χ4v) is 1.95. The molecule has 62 valence electrons. The van der Waals surface area contributed by atoms with Crippen LogP contribution in [0.25, 0.3) is 0 Å². The van der Waals surface area contributed by atoms with Gasteiger partial charge in [0, 0.05) is 6.54 Å². The zero-order valence-electron chi connectivity index (χ0n) is 6.75. The van der Waals surface area contributed by atoms with Gasteiger partial charge in [-0.05, 0) is 43.4 Å². The number of carbonyl (C=O) groups is 1. The van der Waals surface area contributed by atoms with Gasteiger partial charge in [-0.3, -0.25) is 4.79 Å². The Morgan fingerprint density at radius 1 is 1.27 bits per heavy atom. The second-order valence-corrected chi connectivity index (χ2v) is 3.86. The molecule has 0 radical (unpaired) electrons. The SMILES string of the molecule is O=CNCC(C1CC1)C1CC1. The number of amides is 1. The predicted octanol–water partition coefficient (Wildman–Crippen LogP) is 1.17. The standard InChI is InChI=1S/C9H15NO/c11-6-10-5-9(7-1-2-7)8-3-4-8/h6-9H,1-5H2,(H,10,11).